The lowest BCUT2D eigenvalue weighted by Gasteiger charge is -2.11. The van der Waals surface area contributed by atoms with Gasteiger partial charge in [0.2, 0.25) is 11.8 Å². The quantitative estimate of drug-likeness (QED) is 0.541. The molecule has 0 fully saturated rings. The average Bonchev–Trinajstić information content (AvgIpc) is 3.09. The number of pyridine rings is 2. The molecule has 4 rings (SSSR count). The molecule has 0 amide bonds. The maximum absolute atomic E-state index is 5.58. The second-order valence-corrected chi connectivity index (χ2v) is 5.92. The third-order valence-electron chi connectivity index (χ3n) is 3.82. The number of anilines is 4. The van der Waals surface area contributed by atoms with Gasteiger partial charge in [-0.2, -0.15) is 9.97 Å². The van der Waals surface area contributed by atoms with E-state index in [1.54, 1.807) is 18.5 Å². The predicted octanol–water partition coefficient (Wildman–Crippen LogP) is 3.71. The van der Waals surface area contributed by atoms with Gasteiger partial charge in [0, 0.05) is 42.6 Å². The van der Waals surface area contributed by atoms with E-state index in [1.165, 1.54) is 0 Å². The lowest BCUT2D eigenvalue weighted by atomic mass is 10.3. The van der Waals surface area contributed by atoms with Gasteiger partial charge in [-0.1, -0.05) is 0 Å². The zero-order chi connectivity index (χ0) is 18.6. The normalized spacial score (nSPS) is 10.7. The highest BCUT2D eigenvalue weighted by Crippen LogP contribution is 2.22. The summed E-state index contributed by atoms with van der Waals surface area (Å²) in [6, 6.07) is 9.51. The summed E-state index contributed by atoms with van der Waals surface area (Å²) in [5.41, 5.74) is 2.82. The molecule has 2 N–H and O–H groups in total. The molecular weight excluding hydrogens is 342 g/mol. The van der Waals surface area contributed by atoms with Crippen LogP contribution in [0.5, 0.6) is 5.88 Å². The van der Waals surface area contributed by atoms with Gasteiger partial charge in [0.1, 0.15) is 17.3 Å². The van der Waals surface area contributed by atoms with E-state index in [9.17, 15) is 0 Å². The van der Waals surface area contributed by atoms with E-state index in [0.717, 1.165) is 16.9 Å². The third kappa shape index (κ3) is 3.95. The number of ether oxygens (including phenoxy) is 1. The van der Waals surface area contributed by atoms with E-state index in [-0.39, 0.29) is 0 Å². The lowest BCUT2D eigenvalue weighted by Crippen LogP contribution is -2.05. The largest absolute Gasteiger partial charge is 0.478 e. The second kappa shape index (κ2) is 7.28. The predicted molar refractivity (Wildman–Crippen MR) is 104 cm³/mol. The van der Waals surface area contributed by atoms with Crippen LogP contribution >= 0.6 is 0 Å². The Morgan fingerprint density at radius 1 is 0.963 bits per heavy atom. The maximum atomic E-state index is 5.58. The van der Waals surface area contributed by atoms with Crippen molar-refractivity contribution in [3.8, 4) is 5.88 Å². The highest BCUT2D eigenvalue weighted by molar-refractivity contribution is 5.63. The van der Waals surface area contributed by atoms with Crippen molar-refractivity contribution in [2.45, 2.75) is 13.8 Å². The summed E-state index contributed by atoms with van der Waals surface area (Å²) in [7, 11) is 0. The summed E-state index contributed by atoms with van der Waals surface area (Å²) in [4.78, 5) is 17.5. The van der Waals surface area contributed by atoms with Gasteiger partial charge in [-0.3, -0.25) is 0 Å². The summed E-state index contributed by atoms with van der Waals surface area (Å²) >= 11 is 0. The van der Waals surface area contributed by atoms with E-state index < -0.39 is 0 Å². The third-order valence-corrected chi connectivity index (χ3v) is 3.82. The van der Waals surface area contributed by atoms with Gasteiger partial charge < -0.3 is 19.8 Å². The van der Waals surface area contributed by atoms with E-state index in [1.807, 2.05) is 54.9 Å². The molecule has 4 heterocycles. The Morgan fingerprint density at radius 2 is 1.89 bits per heavy atom. The number of hydrogen-bond acceptors (Lipinski definition) is 7. The first-order chi connectivity index (χ1) is 13.2. The molecule has 0 aliphatic rings. The molecule has 0 radical (unpaired) electrons. The Bertz CT molecular complexity index is 1080. The summed E-state index contributed by atoms with van der Waals surface area (Å²) in [6.07, 6.45) is 7.33. The molecule has 0 saturated carbocycles. The molecule has 4 aromatic rings. The molecule has 8 heteroatoms. The number of aromatic nitrogens is 5. The van der Waals surface area contributed by atoms with Crippen molar-refractivity contribution in [2.24, 2.45) is 0 Å². The van der Waals surface area contributed by atoms with Crippen LogP contribution in [-0.4, -0.2) is 30.9 Å². The number of imidazole rings is 1. The van der Waals surface area contributed by atoms with Gasteiger partial charge in [-0.25, -0.2) is 9.97 Å². The van der Waals surface area contributed by atoms with E-state index in [0.29, 0.717) is 30.1 Å². The number of nitrogens with zero attached hydrogens (tertiary/aromatic N) is 5. The van der Waals surface area contributed by atoms with Gasteiger partial charge in [0.05, 0.1) is 6.61 Å². The Balaban J connectivity index is 1.63. The Kier molecular flexibility index (Phi) is 4.52. The summed E-state index contributed by atoms with van der Waals surface area (Å²) < 4.78 is 7.51. The van der Waals surface area contributed by atoms with Crippen molar-refractivity contribution in [3.05, 3.63) is 60.7 Å². The molecule has 27 heavy (non-hydrogen) atoms. The fourth-order valence-corrected chi connectivity index (χ4v) is 2.62. The Hall–Kier alpha value is -3.68. The van der Waals surface area contributed by atoms with Gasteiger partial charge in [-0.05, 0) is 37.6 Å². The Morgan fingerprint density at radius 3 is 2.74 bits per heavy atom. The zero-order valence-corrected chi connectivity index (χ0v) is 15.0. The van der Waals surface area contributed by atoms with Crippen LogP contribution < -0.4 is 15.4 Å². The second-order valence-electron chi connectivity index (χ2n) is 5.92. The summed E-state index contributed by atoms with van der Waals surface area (Å²) in [5.74, 6) is 2.17. The standard InChI is InChI=1S/C19H19N7O/c1-3-27-18-12-16(22-14-5-8-26-9-7-21-17(26)11-14)24-19(25-18)23-15-10-13(2)4-6-20-15/h4-12H,3H2,1-2H3,(H2,20,22,23,24,25). The van der Waals surface area contributed by atoms with Crippen LogP contribution in [-0.2, 0) is 0 Å². The van der Waals surface area contributed by atoms with E-state index in [2.05, 4.69) is 30.6 Å². The van der Waals surface area contributed by atoms with Crippen molar-refractivity contribution >= 4 is 28.9 Å². The van der Waals surface area contributed by atoms with Gasteiger partial charge in [-0.15, -0.1) is 0 Å². The number of fused-ring (bicyclic) bond motifs is 1. The van der Waals surface area contributed by atoms with Crippen LogP contribution in [0.25, 0.3) is 5.65 Å². The van der Waals surface area contributed by atoms with Gasteiger partial charge in [0.15, 0.2) is 0 Å². The minimum atomic E-state index is 0.406. The topological polar surface area (TPSA) is 89.3 Å². The fraction of sp³-hybridized carbons (Fsp3) is 0.158. The van der Waals surface area contributed by atoms with Crippen molar-refractivity contribution in [1.29, 1.82) is 0 Å². The molecule has 0 saturated heterocycles. The van der Waals surface area contributed by atoms with Crippen LogP contribution in [0, 0.1) is 6.92 Å². The lowest BCUT2D eigenvalue weighted by molar-refractivity contribution is 0.327. The van der Waals surface area contributed by atoms with Crippen molar-refractivity contribution in [2.75, 3.05) is 17.2 Å². The first kappa shape index (κ1) is 16.8. The van der Waals surface area contributed by atoms with Crippen LogP contribution in [0.1, 0.15) is 12.5 Å². The summed E-state index contributed by atoms with van der Waals surface area (Å²) in [6.45, 7) is 4.43. The monoisotopic (exact) mass is 361 g/mol. The molecule has 8 nitrogen and oxygen atoms in total. The van der Waals surface area contributed by atoms with Crippen LogP contribution in [0.2, 0.25) is 0 Å². The molecule has 0 unspecified atom stereocenters. The van der Waals surface area contributed by atoms with Crippen LogP contribution in [0.4, 0.5) is 23.3 Å². The molecule has 0 aliphatic heterocycles. The minimum absolute atomic E-state index is 0.406. The highest BCUT2D eigenvalue weighted by Gasteiger charge is 2.08. The van der Waals surface area contributed by atoms with Gasteiger partial charge in [0.25, 0.3) is 0 Å². The maximum Gasteiger partial charge on any atom is 0.233 e. The van der Waals surface area contributed by atoms with Crippen LogP contribution in [0.3, 0.4) is 0 Å². The molecule has 0 aromatic carbocycles. The number of aryl methyl sites for hydroxylation is 1. The average molecular weight is 361 g/mol. The fourth-order valence-electron chi connectivity index (χ4n) is 2.62. The molecule has 0 atom stereocenters. The molecule has 136 valence electrons. The number of nitrogens with one attached hydrogen (secondary N) is 2. The van der Waals surface area contributed by atoms with Crippen molar-refractivity contribution in [3.63, 3.8) is 0 Å². The van der Waals surface area contributed by atoms with Crippen LogP contribution in [0.15, 0.2) is 55.1 Å². The zero-order valence-electron chi connectivity index (χ0n) is 15.0. The van der Waals surface area contributed by atoms with E-state index in [4.69, 9.17) is 4.74 Å². The minimum Gasteiger partial charge on any atom is -0.478 e. The molecule has 0 bridgehead atoms. The first-order valence-electron chi connectivity index (χ1n) is 8.61. The summed E-state index contributed by atoms with van der Waals surface area (Å²) in [5, 5.41) is 6.40. The SMILES string of the molecule is CCOc1cc(Nc2ccn3ccnc3c2)nc(Nc2cc(C)ccn2)n1. The van der Waals surface area contributed by atoms with E-state index >= 15 is 0 Å². The molecule has 0 aliphatic carbocycles. The number of hydrogen-bond donors (Lipinski definition) is 2. The number of rotatable bonds is 6. The molecule has 4 aromatic heterocycles. The molecule has 0 spiro atoms. The molecular formula is C19H19N7O. The van der Waals surface area contributed by atoms with Crippen molar-refractivity contribution < 1.29 is 4.74 Å². The van der Waals surface area contributed by atoms with Gasteiger partial charge >= 0.3 is 0 Å². The highest BCUT2D eigenvalue weighted by atomic mass is 16.5. The first-order valence-corrected chi connectivity index (χ1v) is 8.61. The Labute approximate surface area is 156 Å². The smallest absolute Gasteiger partial charge is 0.233 e. The van der Waals surface area contributed by atoms with Crippen molar-refractivity contribution in [1.82, 2.24) is 24.3 Å².